The molecule has 12 heteroatoms. The van der Waals surface area contributed by atoms with Gasteiger partial charge in [-0.25, -0.2) is 8.42 Å². The summed E-state index contributed by atoms with van der Waals surface area (Å²) in [5.74, 6) is -0.747. The van der Waals surface area contributed by atoms with E-state index in [1.165, 1.54) is 23.4 Å². The molecule has 10 nitrogen and oxygen atoms in total. The van der Waals surface area contributed by atoms with Crippen molar-refractivity contribution in [3.63, 3.8) is 0 Å². The maximum absolute atomic E-state index is 13.5. The SMILES string of the molecule is Cn1nc(C(=O)NCc2ccc(Cl)cc2)c2c1C(=O)N(CC1(S(=O)(=O)C(C)(C)[C@@H](O)CN)CC1)CC2. The molecule has 196 valence electrons. The summed E-state index contributed by atoms with van der Waals surface area (Å²) in [7, 11) is -2.21. The van der Waals surface area contributed by atoms with Crippen LogP contribution in [0.1, 0.15) is 58.8 Å². The predicted octanol–water partition coefficient (Wildman–Crippen LogP) is 1.05. The molecule has 4 rings (SSSR count). The Morgan fingerprint density at radius 1 is 1.31 bits per heavy atom. The Morgan fingerprint density at radius 3 is 2.53 bits per heavy atom. The van der Waals surface area contributed by atoms with Crippen molar-refractivity contribution in [2.24, 2.45) is 12.8 Å². The van der Waals surface area contributed by atoms with Gasteiger partial charge >= 0.3 is 0 Å². The topological polar surface area (TPSA) is 148 Å². The summed E-state index contributed by atoms with van der Waals surface area (Å²) in [5, 5.41) is 18.0. The molecule has 2 heterocycles. The van der Waals surface area contributed by atoms with Crippen LogP contribution in [0.3, 0.4) is 0 Å². The molecule has 0 unspecified atom stereocenters. The van der Waals surface area contributed by atoms with E-state index < -0.39 is 25.4 Å². The first-order valence-corrected chi connectivity index (χ1v) is 13.7. The number of carbonyl (C=O) groups excluding carboxylic acids is 2. The molecule has 1 saturated carbocycles. The number of halogens is 1. The molecular weight excluding hydrogens is 506 g/mol. The maximum Gasteiger partial charge on any atom is 0.272 e. The molecule has 36 heavy (non-hydrogen) atoms. The third kappa shape index (κ3) is 4.42. The number of nitrogens with one attached hydrogen (secondary N) is 1. The lowest BCUT2D eigenvalue weighted by Crippen LogP contribution is -2.55. The van der Waals surface area contributed by atoms with Crippen molar-refractivity contribution in [1.29, 1.82) is 0 Å². The van der Waals surface area contributed by atoms with Gasteiger partial charge in [-0.3, -0.25) is 14.3 Å². The molecule has 1 atom stereocenters. The lowest BCUT2D eigenvalue weighted by atomic mass is 10.0. The second kappa shape index (κ2) is 9.44. The van der Waals surface area contributed by atoms with E-state index in [1.807, 2.05) is 12.1 Å². The second-order valence-corrected chi connectivity index (χ2v) is 13.5. The van der Waals surface area contributed by atoms with E-state index >= 15 is 0 Å². The van der Waals surface area contributed by atoms with Gasteiger partial charge in [0.25, 0.3) is 11.8 Å². The van der Waals surface area contributed by atoms with Crippen LogP contribution in [0, 0.1) is 0 Å². The number of fused-ring (bicyclic) bond motifs is 1. The van der Waals surface area contributed by atoms with Gasteiger partial charge in [0, 0.05) is 43.8 Å². The highest BCUT2D eigenvalue weighted by Gasteiger charge is 2.62. The number of aryl methyl sites for hydroxylation is 1. The van der Waals surface area contributed by atoms with Crippen LogP contribution >= 0.6 is 11.6 Å². The number of carbonyl (C=O) groups is 2. The Balaban J connectivity index is 1.51. The molecule has 1 aliphatic heterocycles. The highest BCUT2D eigenvalue weighted by atomic mass is 35.5. The van der Waals surface area contributed by atoms with Gasteiger partial charge in [0.2, 0.25) is 0 Å². The van der Waals surface area contributed by atoms with E-state index in [9.17, 15) is 23.1 Å². The fourth-order valence-corrected chi connectivity index (χ4v) is 7.45. The van der Waals surface area contributed by atoms with Crippen LogP contribution < -0.4 is 11.1 Å². The molecule has 0 radical (unpaired) electrons. The highest BCUT2D eigenvalue weighted by Crippen LogP contribution is 2.50. The predicted molar refractivity (Wildman–Crippen MR) is 135 cm³/mol. The zero-order valence-corrected chi connectivity index (χ0v) is 22.2. The molecule has 2 aromatic rings. The van der Waals surface area contributed by atoms with Gasteiger partial charge in [0.05, 0.1) is 15.6 Å². The van der Waals surface area contributed by atoms with Crippen LogP contribution in [0.25, 0.3) is 0 Å². The van der Waals surface area contributed by atoms with Crippen molar-refractivity contribution in [3.8, 4) is 0 Å². The Kier molecular flexibility index (Phi) is 6.97. The number of aliphatic hydroxyl groups excluding tert-OH is 1. The summed E-state index contributed by atoms with van der Waals surface area (Å²) >= 11 is 5.90. The molecule has 1 aromatic heterocycles. The molecule has 2 amide bonds. The normalized spacial score (nSPS) is 18.1. The number of nitrogens with zero attached hydrogens (tertiary/aromatic N) is 3. The molecule has 1 fully saturated rings. The van der Waals surface area contributed by atoms with Crippen molar-refractivity contribution in [2.45, 2.75) is 55.3 Å². The van der Waals surface area contributed by atoms with E-state index in [0.717, 1.165) is 5.56 Å². The number of benzene rings is 1. The van der Waals surface area contributed by atoms with E-state index in [-0.39, 0.29) is 49.4 Å². The minimum absolute atomic E-state index is 0.0254. The summed E-state index contributed by atoms with van der Waals surface area (Å²) in [4.78, 5) is 27.8. The van der Waals surface area contributed by atoms with Crippen molar-refractivity contribution in [1.82, 2.24) is 20.0 Å². The lowest BCUT2D eigenvalue weighted by molar-refractivity contribution is 0.0723. The first-order chi connectivity index (χ1) is 16.8. The molecular formula is C24H32ClN5O5S. The fraction of sp³-hybridized carbons (Fsp3) is 0.542. The maximum atomic E-state index is 13.5. The van der Waals surface area contributed by atoms with Gasteiger partial charge in [-0.1, -0.05) is 23.7 Å². The summed E-state index contributed by atoms with van der Waals surface area (Å²) < 4.78 is 25.8. The summed E-state index contributed by atoms with van der Waals surface area (Å²) in [6.07, 6.45) is -0.00850. The lowest BCUT2D eigenvalue weighted by Gasteiger charge is -2.37. The van der Waals surface area contributed by atoms with E-state index in [4.69, 9.17) is 17.3 Å². The Labute approximate surface area is 215 Å². The monoisotopic (exact) mass is 537 g/mol. The number of hydrogen-bond acceptors (Lipinski definition) is 7. The summed E-state index contributed by atoms with van der Waals surface area (Å²) in [6.45, 7) is 3.36. The van der Waals surface area contributed by atoms with Crippen molar-refractivity contribution in [2.75, 3.05) is 19.6 Å². The largest absolute Gasteiger partial charge is 0.390 e. The van der Waals surface area contributed by atoms with E-state index in [0.29, 0.717) is 29.8 Å². The molecule has 0 spiro atoms. The zero-order valence-electron chi connectivity index (χ0n) is 20.6. The molecule has 1 aliphatic carbocycles. The summed E-state index contributed by atoms with van der Waals surface area (Å²) in [5.41, 5.74) is 7.46. The van der Waals surface area contributed by atoms with E-state index in [2.05, 4.69) is 10.4 Å². The van der Waals surface area contributed by atoms with Crippen molar-refractivity contribution < 1.29 is 23.1 Å². The number of rotatable bonds is 9. The Bertz CT molecular complexity index is 1280. The van der Waals surface area contributed by atoms with E-state index in [1.54, 1.807) is 19.2 Å². The minimum Gasteiger partial charge on any atom is -0.390 e. The number of aromatic nitrogens is 2. The number of nitrogens with two attached hydrogens (primary N) is 1. The number of sulfone groups is 1. The van der Waals surface area contributed by atoms with Crippen LogP contribution in [0.2, 0.25) is 5.02 Å². The Morgan fingerprint density at radius 2 is 1.94 bits per heavy atom. The van der Waals surface area contributed by atoms with Crippen molar-refractivity contribution in [3.05, 3.63) is 51.8 Å². The smallest absolute Gasteiger partial charge is 0.272 e. The van der Waals surface area contributed by atoms with Crippen LogP contribution in [0.15, 0.2) is 24.3 Å². The minimum atomic E-state index is -3.81. The van der Waals surface area contributed by atoms with Gasteiger partial charge < -0.3 is 21.1 Å². The number of amides is 2. The van der Waals surface area contributed by atoms with Crippen molar-refractivity contribution >= 4 is 33.3 Å². The molecule has 4 N–H and O–H groups in total. The zero-order chi connectivity index (χ0) is 26.5. The average Bonchev–Trinajstić information content (AvgIpc) is 3.56. The first-order valence-electron chi connectivity index (χ1n) is 11.8. The van der Waals surface area contributed by atoms with Crippen LogP contribution in [0.4, 0.5) is 0 Å². The molecule has 2 aliphatic rings. The number of hydrogen-bond donors (Lipinski definition) is 3. The van der Waals surface area contributed by atoms with Gasteiger partial charge in [0.1, 0.15) is 5.69 Å². The fourth-order valence-electron chi connectivity index (χ4n) is 4.79. The second-order valence-electron chi connectivity index (χ2n) is 10.1. The molecule has 0 bridgehead atoms. The quantitative estimate of drug-likeness (QED) is 0.433. The molecule has 0 saturated heterocycles. The van der Waals surface area contributed by atoms with Crippen LogP contribution in [-0.4, -0.2) is 75.3 Å². The first kappa shape index (κ1) is 26.6. The van der Waals surface area contributed by atoms with Gasteiger partial charge in [-0.05, 0) is 50.8 Å². The van der Waals surface area contributed by atoms with Gasteiger partial charge in [0.15, 0.2) is 15.5 Å². The third-order valence-electron chi connectivity index (χ3n) is 7.42. The molecule has 1 aromatic carbocycles. The van der Waals surface area contributed by atoms with Crippen LogP contribution in [-0.2, 0) is 29.9 Å². The third-order valence-corrected chi connectivity index (χ3v) is 11.0. The average molecular weight is 538 g/mol. The highest BCUT2D eigenvalue weighted by molar-refractivity contribution is 7.94. The van der Waals surface area contributed by atoms with Gasteiger partial charge in [-0.2, -0.15) is 5.10 Å². The Hall–Kier alpha value is -2.47. The number of aliphatic hydroxyl groups is 1. The summed E-state index contributed by atoms with van der Waals surface area (Å²) in [6, 6.07) is 7.11. The van der Waals surface area contributed by atoms with Gasteiger partial charge in [-0.15, -0.1) is 0 Å². The standard InChI is InChI=1S/C24H32ClN5O5S/c1-23(2,18(31)12-26)36(34,35)24(9-10-24)14-30-11-8-17-19(28-29(3)20(17)22(30)33)21(32)27-13-15-4-6-16(25)7-5-15/h4-7,18,31H,8-14,26H2,1-3H3,(H,27,32)/t18-/m0/s1. The van der Waals surface area contributed by atoms with Crippen LogP contribution in [0.5, 0.6) is 0 Å².